The second kappa shape index (κ2) is 6.41. The largest absolute Gasteiger partial charge is 0.366 e. The highest BCUT2D eigenvalue weighted by Gasteiger charge is 2.03. The molecule has 0 saturated heterocycles. The molecule has 0 saturated carbocycles. The average Bonchev–Trinajstić information content (AvgIpc) is 2.95. The minimum absolute atomic E-state index is 0.388. The lowest BCUT2D eigenvalue weighted by Crippen LogP contribution is -2.18. The van der Waals surface area contributed by atoms with E-state index >= 15 is 0 Å². The van der Waals surface area contributed by atoms with Crippen molar-refractivity contribution in [3.05, 3.63) is 71.7 Å². The fraction of sp³-hybridized carbons (Fsp3) is 0.176. The highest BCUT2D eigenvalue weighted by atomic mass is 16.1. The summed E-state index contributed by atoms with van der Waals surface area (Å²) in [6.45, 7) is 1.57. The molecule has 22 heavy (non-hydrogen) atoms. The molecule has 0 unspecified atom stereocenters. The van der Waals surface area contributed by atoms with Gasteiger partial charge in [-0.25, -0.2) is 4.98 Å². The summed E-state index contributed by atoms with van der Waals surface area (Å²) in [5.74, 6) is -0.388. The summed E-state index contributed by atoms with van der Waals surface area (Å²) in [5, 5.41) is 3.40. The Bertz CT molecular complexity index is 794. The molecule has 0 aliphatic rings. The highest BCUT2D eigenvalue weighted by molar-refractivity contribution is 5.92. The predicted octanol–water partition coefficient (Wildman–Crippen LogP) is 1.77. The second-order valence-electron chi connectivity index (χ2n) is 5.17. The van der Waals surface area contributed by atoms with Crippen LogP contribution in [0.1, 0.15) is 21.6 Å². The molecule has 1 aromatic carbocycles. The fourth-order valence-corrected chi connectivity index (χ4v) is 2.45. The normalized spacial score (nSPS) is 10.9. The number of carbonyl (C=O) groups excluding carboxylic acids is 1. The van der Waals surface area contributed by atoms with Gasteiger partial charge in [-0.3, -0.25) is 4.79 Å². The number of amides is 1. The van der Waals surface area contributed by atoms with Gasteiger partial charge in [0.05, 0.1) is 11.9 Å². The van der Waals surface area contributed by atoms with Crippen LogP contribution in [0.25, 0.3) is 5.65 Å². The molecular formula is C17H18N4O. The first-order valence-electron chi connectivity index (χ1n) is 7.24. The van der Waals surface area contributed by atoms with E-state index in [2.05, 4.69) is 14.7 Å². The first kappa shape index (κ1) is 14.3. The molecule has 0 aliphatic carbocycles. The SMILES string of the molecule is NC(=O)c1cccc(CCNCc2cnc3ccccn23)c1. The fourth-order valence-electron chi connectivity index (χ4n) is 2.45. The van der Waals surface area contributed by atoms with Gasteiger partial charge in [-0.05, 0) is 42.8 Å². The number of pyridine rings is 1. The molecule has 112 valence electrons. The van der Waals surface area contributed by atoms with E-state index in [0.29, 0.717) is 5.56 Å². The van der Waals surface area contributed by atoms with E-state index in [1.807, 2.05) is 48.8 Å². The number of nitrogens with zero attached hydrogens (tertiary/aromatic N) is 2. The van der Waals surface area contributed by atoms with Crippen LogP contribution in [-0.4, -0.2) is 21.8 Å². The van der Waals surface area contributed by atoms with Crippen LogP contribution in [0.3, 0.4) is 0 Å². The van der Waals surface area contributed by atoms with Crippen molar-refractivity contribution in [1.29, 1.82) is 0 Å². The number of benzene rings is 1. The summed E-state index contributed by atoms with van der Waals surface area (Å²) < 4.78 is 2.07. The molecule has 0 atom stereocenters. The van der Waals surface area contributed by atoms with Crippen LogP contribution >= 0.6 is 0 Å². The minimum Gasteiger partial charge on any atom is -0.366 e. The van der Waals surface area contributed by atoms with Crippen LogP contribution in [0, 0.1) is 0 Å². The maximum Gasteiger partial charge on any atom is 0.248 e. The molecule has 3 N–H and O–H groups in total. The van der Waals surface area contributed by atoms with E-state index in [9.17, 15) is 4.79 Å². The zero-order valence-electron chi connectivity index (χ0n) is 12.2. The number of imidazole rings is 1. The van der Waals surface area contributed by atoms with Crippen LogP contribution in [0.2, 0.25) is 0 Å². The van der Waals surface area contributed by atoms with Gasteiger partial charge >= 0.3 is 0 Å². The summed E-state index contributed by atoms with van der Waals surface area (Å²) in [4.78, 5) is 15.5. The van der Waals surface area contributed by atoms with Crippen LogP contribution in [0.5, 0.6) is 0 Å². The van der Waals surface area contributed by atoms with Crippen molar-refractivity contribution < 1.29 is 4.79 Å². The Kier molecular flexibility index (Phi) is 4.16. The van der Waals surface area contributed by atoms with Crippen LogP contribution in [-0.2, 0) is 13.0 Å². The highest BCUT2D eigenvalue weighted by Crippen LogP contribution is 2.07. The number of nitrogens with one attached hydrogen (secondary N) is 1. The number of carbonyl (C=O) groups is 1. The Morgan fingerprint density at radius 3 is 3.00 bits per heavy atom. The van der Waals surface area contributed by atoms with Gasteiger partial charge in [-0.2, -0.15) is 0 Å². The van der Waals surface area contributed by atoms with E-state index in [-0.39, 0.29) is 5.91 Å². The monoisotopic (exact) mass is 294 g/mol. The van der Waals surface area contributed by atoms with Crippen molar-refractivity contribution >= 4 is 11.6 Å². The maximum absolute atomic E-state index is 11.2. The Balaban J connectivity index is 1.55. The lowest BCUT2D eigenvalue weighted by Gasteiger charge is -2.06. The molecule has 3 rings (SSSR count). The minimum atomic E-state index is -0.388. The molecule has 2 aromatic heterocycles. The number of fused-ring (bicyclic) bond motifs is 1. The van der Waals surface area contributed by atoms with Gasteiger partial charge in [0.1, 0.15) is 5.65 Å². The van der Waals surface area contributed by atoms with Crippen molar-refractivity contribution in [2.75, 3.05) is 6.54 Å². The summed E-state index contributed by atoms with van der Waals surface area (Å²) in [6.07, 6.45) is 4.74. The summed E-state index contributed by atoms with van der Waals surface area (Å²) in [6, 6.07) is 13.4. The Morgan fingerprint density at radius 2 is 2.14 bits per heavy atom. The number of aromatic nitrogens is 2. The number of nitrogens with two attached hydrogens (primary N) is 1. The predicted molar refractivity (Wildman–Crippen MR) is 85.6 cm³/mol. The van der Waals surface area contributed by atoms with Gasteiger partial charge in [0.25, 0.3) is 0 Å². The Hall–Kier alpha value is -2.66. The molecule has 3 aromatic rings. The van der Waals surface area contributed by atoms with E-state index in [0.717, 1.165) is 36.4 Å². The number of hydrogen-bond acceptors (Lipinski definition) is 3. The topological polar surface area (TPSA) is 72.4 Å². The van der Waals surface area contributed by atoms with Gasteiger partial charge in [0.2, 0.25) is 5.91 Å². The van der Waals surface area contributed by atoms with Gasteiger partial charge < -0.3 is 15.5 Å². The smallest absolute Gasteiger partial charge is 0.248 e. The van der Waals surface area contributed by atoms with Crippen molar-refractivity contribution in [2.24, 2.45) is 5.73 Å². The molecular weight excluding hydrogens is 276 g/mol. The molecule has 5 nitrogen and oxygen atoms in total. The van der Waals surface area contributed by atoms with Gasteiger partial charge in [0.15, 0.2) is 0 Å². The zero-order valence-corrected chi connectivity index (χ0v) is 12.2. The number of rotatable bonds is 6. The number of primary amides is 1. The zero-order chi connectivity index (χ0) is 15.4. The molecule has 1 amide bonds. The molecule has 2 heterocycles. The second-order valence-corrected chi connectivity index (χ2v) is 5.17. The van der Waals surface area contributed by atoms with Crippen LogP contribution in [0.15, 0.2) is 54.9 Å². The third-order valence-electron chi connectivity index (χ3n) is 3.60. The van der Waals surface area contributed by atoms with Crippen molar-refractivity contribution in [3.63, 3.8) is 0 Å². The molecule has 5 heteroatoms. The number of hydrogen-bond donors (Lipinski definition) is 2. The Labute approximate surface area is 128 Å². The van der Waals surface area contributed by atoms with E-state index in [1.54, 1.807) is 6.07 Å². The molecule has 0 bridgehead atoms. The van der Waals surface area contributed by atoms with Gasteiger partial charge in [0, 0.05) is 18.3 Å². The molecule has 0 aliphatic heterocycles. The van der Waals surface area contributed by atoms with E-state index in [4.69, 9.17) is 5.73 Å². The standard InChI is InChI=1S/C17H18N4O/c18-17(22)14-5-3-4-13(10-14)7-8-19-11-15-12-20-16-6-1-2-9-21(15)16/h1-6,9-10,12,19H,7-8,11H2,(H2,18,22). The summed E-state index contributed by atoms with van der Waals surface area (Å²) in [5.41, 5.74) is 9.02. The lowest BCUT2D eigenvalue weighted by molar-refractivity contribution is 0.1000. The quantitative estimate of drug-likeness (QED) is 0.681. The summed E-state index contributed by atoms with van der Waals surface area (Å²) >= 11 is 0. The third kappa shape index (κ3) is 3.15. The first-order chi connectivity index (χ1) is 10.7. The van der Waals surface area contributed by atoms with Gasteiger partial charge in [-0.15, -0.1) is 0 Å². The van der Waals surface area contributed by atoms with Crippen LogP contribution < -0.4 is 11.1 Å². The van der Waals surface area contributed by atoms with Crippen molar-refractivity contribution in [1.82, 2.24) is 14.7 Å². The molecule has 0 spiro atoms. The lowest BCUT2D eigenvalue weighted by atomic mass is 10.1. The van der Waals surface area contributed by atoms with Gasteiger partial charge in [-0.1, -0.05) is 18.2 Å². The maximum atomic E-state index is 11.2. The molecule has 0 radical (unpaired) electrons. The third-order valence-corrected chi connectivity index (χ3v) is 3.60. The van der Waals surface area contributed by atoms with E-state index < -0.39 is 0 Å². The average molecular weight is 294 g/mol. The van der Waals surface area contributed by atoms with Crippen molar-refractivity contribution in [3.8, 4) is 0 Å². The first-order valence-corrected chi connectivity index (χ1v) is 7.24. The summed E-state index contributed by atoms with van der Waals surface area (Å²) in [7, 11) is 0. The van der Waals surface area contributed by atoms with Crippen LogP contribution in [0.4, 0.5) is 0 Å². The van der Waals surface area contributed by atoms with E-state index in [1.165, 1.54) is 0 Å². The molecule has 0 fully saturated rings. The Morgan fingerprint density at radius 1 is 1.23 bits per heavy atom. The van der Waals surface area contributed by atoms with Crippen molar-refractivity contribution in [2.45, 2.75) is 13.0 Å².